The Kier molecular flexibility index (Phi) is 2.97. The molecule has 0 bridgehead atoms. The highest BCUT2D eigenvalue weighted by Crippen LogP contribution is 2.12. The average molecular weight is 132 g/mol. The Morgan fingerprint density at radius 2 is 2.33 bits per heavy atom. The van der Waals surface area contributed by atoms with Gasteiger partial charge in [-0.15, -0.1) is 0 Å². The van der Waals surface area contributed by atoms with Crippen LogP contribution in [0.1, 0.15) is 19.3 Å². The van der Waals surface area contributed by atoms with Gasteiger partial charge in [0.15, 0.2) is 6.29 Å². The van der Waals surface area contributed by atoms with E-state index in [1.54, 1.807) is 0 Å². The highest BCUT2D eigenvalue weighted by Gasteiger charge is 2.13. The summed E-state index contributed by atoms with van der Waals surface area (Å²) in [5.74, 6) is 0. The highest BCUT2D eigenvalue weighted by atomic mass is 17.2. The topological polar surface area (TPSA) is 27.7 Å². The van der Waals surface area contributed by atoms with Crippen LogP contribution in [0.15, 0.2) is 0 Å². The Hall–Kier alpha value is -0.120. The van der Waals surface area contributed by atoms with Gasteiger partial charge >= 0.3 is 0 Å². The molecule has 54 valence electrons. The highest BCUT2D eigenvalue weighted by molar-refractivity contribution is 4.51. The smallest absolute Gasteiger partial charge is 0.191 e. The molecule has 0 radical (unpaired) electrons. The molecule has 1 heterocycles. The second-order valence-corrected chi connectivity index (χ2v) is 2.06. The van der Waals surface area contributed by atoms with Crippen LogP contribution in [0.4, 0.5) is 0 Å². The van der Waals surface area contributed by atoms with Gasteiger partial charge in [0.05, 0.1) is 7.11 Å². The van der Waals surface area contributed by atoms with Gasteiger partial charge in [-0.25, -0.2) is 9.78 Å². The van der Waals surface area contributed by atoms with Crippen LogP contribution in [0.5, 0.6) is 0 Å². The molecular weight excluding hydrogens is 120 g/mol. The van der Waals surface area contributed by atoms with Crippen molar-refractivity contribution in [3.63, 3.8) is 0 Å². The predicted molar refractivity (Wildman–Crippen MR) is 31.7 cm³/mol. The first kappa shape index (κ1) is 6.99. The molecule has 0 saturated carbocycles. The van der Waals surface area contributed by atoms with E-state index in [9.17, 15) is 0 Å². The molecule has 1 aliphatic rings. The first-order valence-electron chi connectivity index (χ1n) is 3.24. The molecule has 0 N–H and O–H groups in total. The molecule has 0 aromatic rings. The zero-order valence-corrected chi connectivity index (χ0v) is 5.63. The first-order valence-corrected chi connectivity index (χ1v) is 3.24. The van der Waals surface area contributed by atoms with Gasteiger partial charge in [0.25, 0.3) is 0 Å². The molecule has 0 aromatic carbocycles. The monoisotopic (exact) mass is 132 g/mol. The van der Waals surface area contributed by atoms with Crippen LogP contribution in [0.2, 0.25) is 0 Å². The molecule has 0 aromatic heterocycles. The van der Waals surface area contributed by atoms with Gasteiger partial charge in [-0.1, -0.05) is 0 Å². The average Bonchev–Trinajstić information content (AvgIpc) is 1.91. The Balaban J connectivity index is 2.08. The Bertz CT molecular complexity index is 65.9. The summed E-state index contributed by atoms with van der Waals surface area (Å²) in [6, 6.07) is 0. The fraction of sp³-hybridized carbons (Fsp3) is 1.00. The van der Waals surface area contributed by atoms with Crippen LogP contribution < -0.4 is 0 Å². The van der Waals surface area contributed by atoms with E-state index in [0.29, 0.717) is 0 Å². The molecule has 0 amide bonds. The van der Waals surface area contributed by atoms with Crippen LogP contribution in [0, 0.1) is 0 Å². The molecule has 0 spiro atoms. The minimum absolute atomic E-state index is 0.122. The Labute approximate surface area is 54.8 Å². The maximum absolute atomic E-state index is 5.17. The summed E-state index contributed by atoms with van der Waals surface area (Å²) in [7, 11) is 1.50. The van der Waals surface area contributed by atoms with E-state index in [-0.39, 0.29) is 6.29 Å². The van der Waals surface area contributed by atoms with E-state index < -0.39 is 0 Å². The lowest BCUT2D eigenvalue weighted by molar-refractivity contribution is -0.370. The zero-order chi connectivity index (χ0) is 6.53. The van der Waals surface area contributed by atoms with E-state index in [1.165, 1.54) is 13.5 Å². The minimum Gasteiger partial charge on any atom is -0.350 e. The van der Waals surface area contributed by atoms with Gasteiger partial charge in [0, 0.05) is 13.0 Å². The van der Waals surface area contributed by atoms with Crippen LogP contribution in [-0.4, -0.2) is 20.0 Å². The van der Waals surface area contributed by atoms with Crippen molar-refractivity contribution in [3.05, 3.63) is 0 Å². The first-order chi connectivity index (χ1) is 4.43. The summed E-state index contributed by atoms with van der Waals surface area (Å²) in [5.41, 5.74) is 0. The molecule has 1 saturated heterocycles. The summed E-state index contributed by atoms with van der Waals surface area (Å²) < 4.78 is 5.17. The largest absolute Gasteiger partial charge is 0.350 e. The molecule has 1 aliphatic heterocycles. The van der Waals surface area contributed by atoms with E-state index in [4.69, 9.17) is 9.62 Å². The van der Waals surface area contributed by atoms with Gasteiger partial charge in [-0.2, -0.15) is 0 Å². The molecule has 3 heteroatoms. The molecule has 1 rings (SSSR count). The van der Waals surface area contributed by atoms with Gasteiger partial charge in [-0.05, 0) is 12.8 Å². The maximum Gasteiger partial charge on any atom is 0.191 e. The zero-order valence-electron chi connectivity index (χ0n) is 5.63. The van der Waals surface area contributed by atoms with E-state index in [2.05, 4.69) is 4.89 Å². The van der Waals surface area contributed by atoms with Gasteiger partial charge in [-0.3, -0.25) is 0 Å². The second-order valence-electron chi connectivity index (χ2n) is 2.06. The van der Waals surface area contributed by atoms with E-state index in [1.807, 2.05) is 0 Å². The Morgan fingerprint density at radius 1 is 1.44 bits per heavy atom. The van der Waals surface area contributed by atoms with Gasteiger partial charge in [0.1, 0.15) is 0 Å². The SMILES string of the molecule is COOC1CCCCO1. The van der Waals surface area contributed by atoms with E-state index >= 15 is 0 Å². The summed E-state index contributed by atoms with van der Waals surface area (Å²) in [5, 5.41) is 0. The third-order valence-electron chi connectivity index (χ3n) is 1.34. The Morgan fingerprint density at radius 3 is 2.89 bits per heavy atom. The van der Waals surface area contributed by atoms with E-state index in [0.717, 1.165) is 19.4 Å². The normalized spacial score (nSPS) is 28.3. The molecule has 9 heavy (non-hydrogen) atoms. The van der Waals surface area contributed by atoms with Crippen LogP contribution in [-0.2, 0) is 14.5 Å². The van der Waals surface area contributed by atoms with Gasteiger partial charge in [0.2, 0.25) is 0 Å². The number of ether oxygens (including phenoxy) is 1. The van der Waals surface area contributed by atoms with Crippen molar-refractivity contribution in [1.82, 2.24) is 0 Å². The van der Waals surface area contributed by atoms with Crippen molar-refractivity contribution >= 4 is 0 Å². The molecule has 1 atom stereocenters. The quantitative estimate of drug-likeness (QED) is 0.416. The van der Waals surface area contributed by atoms with Crippen molar-refractivity contribution in [3.8, 4) is 0 Å². The lowest BCUT2D eigenvalue weighted by Crippen LogP contribution is -2.21. The lowest BCUT2D eigenvalue weighted by atomic mass is 10.2. The second kappa shape index (κ2) is 3.82. The standard InChI is InChI=1S/C6H12O3/c1-7-9-6-4-2-3-5-8-6/h6H,2-5H2,1H3. The summed E-state index contributed by atoms with van der Waals surface area (Å²) in [6.07, 6.45) is 3.15. The number of hydrogen-bond acceptors (Lipinski definition) is 3. The van der Waals surface area contributed by atoms with Crippen LogP contribution in [0.25, 0.3) is 0 Å². The van der Waals surface area contributed by atoms with Crippen molar-refractivity contribution in [2.24, 2.45) is 0 Å². The fourth-order valence-electron chi connectivity index (χ4n) is 0.894. The van der Waals surface area contributed by atoms with Crippen molar-refractivity contribution in [1.29, 1.82) is 0 Å². The van der Waals surface area contributed by atoms with Crippen LogP contribution >= 0.6 is 0 Å². The van der Waals surface area contributed by atoms with Crippen molar-refractivity contribution < 1.29 is 14.5 Å². The predicted octanol–water partition coefficient (Wildman–Crippen LogP) is 1.09. The minimum atomic E-state index is -0.122. The third-order valence-corrected chi connectivity index (χ3v) is 1.34. The molecule has 0 aliphatic carbocycles. The molecular formula is C6H12O3. The maximum atomic E-state index is 5.17. The third kappa shape index (κ3) is 2.30. The van der Waals surface area contributed by atoms with Gasteiger partial charge < -0.3 is 4.74 Å². The fourth-order valence-corrected chi connectivity index (χ4v) is 0.894. The summed E-state index contributed by atoms with van der Waals surface area (Å²) in [4.78, 5) is 9.22. The van der Waals surface area contributed by atoms with Crippen LogP contribution in [0.3, 0.4) is 0 Å². The lowest BCUT2D eigenvalue weighted by Gasteiger charge is -2.20. The number of hydrogen-bond donors (Lipinski definition) is 0. The summed E-state index contributed by atoms with van der Waals surface area (Å²) >= 11 is 0. The van der Waals surface area contributed by atoms with Crippen molar-refractivity contribution in [2.45, 2.75) is 25.6 Å². The molecule has 3 nitrogen and oxygen atoms in total. The molecule has 1 unspecified atom stereocenters. The molecule has 1 fully saturated rings. The van der Waals surface area contributed by atoms with Crippen molar-refractivity contribution in [2.75, 3.05) is 13.7 Å². The number of rotatable bonds is 2. The summed E-state index contributed by atoms with van der Waals surface area (Å²) in [6.45, 7) is 0.800.